The minimum atomic E-state index is -4.68. The molecular formula is C27H33F4N7. The van der Waals surface area contributed by atoms with Gasteiger partial charge in [0.05, 0.1) is 5.69 Å². The SMILES string of the molecule is Cc1cc(Nc2nc(Nc3cc(C)c([C@H]4CC[C@@H](N5CCCCC5)CC4)cc3F)ncc2C(F)(F)F)n[nH]1. The Bertz CT molecular complexity index is 1260. The van der Waals surface area contributed by atoms with Gasteiger partial charge in [0.25, 0.3) is 0 Å². The number of nitrogens with one attached hydrogen (secondary N) is 3. The van der Waals surface area contributed by atoms with Gasteiger partial charge >= 0.3 is 6.18 Å². The Kier molecular flexibility index (Phi) is 7.56. The van der Waals surface area contributed by atoms with E-state index in [1.807, 2.05) is 6.92 Å². The number of halogens is 4. The summed E-state index contributed by atoms with van der Waals surface area (Å²) >= 11 is 0. The molecule has 2 aromatic heterocycles. The number of aryl methyl sites for hydroxylation is 2. The number of likely N-dealkylation sites (tertiary alicyclic amines) is 1. The van der Waals surface area contributed by atoms with Gasteiger partial charge in [0.1, 0.15) is 17.2 Å². The predicted molar refractivity (Wildman–Crippen MR) is 138 cm³/mol. The lowest BCUT2D eigenvalue weighted by atomic mass is 9.79. The molecule has 1 aliphatic heterocycles. The molecule has 0 amide bonds. The van der Waals surface area contributed by atoms with Crippen LogP contribution in [0.4, 0.5) is 40.8 Å². The average molecular weight is 532 g/mol. The Morgan fingerprint density at radius 1 is 0.974 bits per heavy atom. The van der Waals surface area contributed by atoms with Crippen molar-refractivity contribution in [1.82, 2.24) is 25.1 Å². The highest BCUT2D eigenvalue weighted by atomic mass is 19.4. The number of alkyl halides is 3. The van der Waals surface area contributed by atoms with Gasteiger partial charge in [0.2, 0.25) is 5.95 Å². The highest BCUT2D eigenvalue weighted by Crippen LogP contribution is 2.39. The van der Waals surface area contributed by atoms with Crippen molar-refractivity contribution in [1.29, 1.82) is 0 Å². The van der Waals surface area contributed by atoms with Gasteiger partial charge in [-0.2, -0.15) is 23.3 Å². The molecule has 3 aromatic rings. The number of piperidine rings is 1. The van der Waals surface area contributed by atoms with Crippen LogP contribution in [-0.4, -0.2) is 44.2 Å². The normalized spacial score (nSPS) is 20.9. The molecule has 11 heteroatoms. The van der Waals surface area contributed by atoms with Gasteiger partial charge < -0.3 is 15.5 Å². The molecule has 38 heavy (non-hydrogen) atoms. The van der Waals surface area contributed by atoms with Crippen LogP contribution in [0.5, 0.6) is 0 Å². The Morgan fingerprint density at radius 2 is 1.71 bits per heavy atom. The molecule has 1 aromatic carbocycles. The lowest BCUT2D eigenvalue weighted by Crippen LogP contribution is -2.41. The fourth-order valence-electron chi connectivity index (χ4n) is 5.74. The zero-order valence-corrected chi connectivity index (χ0v) is 21.6. The molecule has 0 atom stereocenters. The van der Waals surface area contributed by atoms with Crippen LogP contribution in [0.3, 0.4) is 0 Å². The van der Waals surface area contributed by atoms with Gasteiger partial charge in [0.15, 0.2) is 5.82 Å². The van der Waals surface area contributed by atoms with Crippen molar-refractivity contribution in [2.75, 3.05) is 23.7 Å². The Labute approximate surface area is 219 Å². The largest absolute Gasteiger partial charge is 0.421 e. The van der Waals surface area contributed by atoms with E-state index in [0.29, 0.717) is 23.9 Å². The minimum absolute atomic E-state index is 0.120. The summed E-state index contributed by atoms with van der Waals surface area (Å²) in [5.41, 5.74) is 1.68. The molecule has 1 saturated carbocycles. The lowest BCUT2D eigenvalue weighted by Gasteiger charge is -2.39. The molecule has 2 fully saturated rings. The molecule has 0 spiro atoms. The van der Waals surface area contributed by atoms with Gasteiger partial charge in [-0.25, -0.2) is 9.37 Å². The number of hydrogen-bond donors (Lipinski definition) is 3. The molecule has 3 heterocycles. The predicted octanol–water partition coefficient (Wildman–Crippen LogP) is 6.97. The maximum absolute atomic E-state index is 15.2. The second kappa shape index (κ2) is 10.9. The van der Waals surface area contributed by atoms with Gasteiger partial charge in [-0.1, -0.05) is 6.42 Å². The van der Waals surface area contributed by atoms with Crippen LogP contribution < -0.4 is 10.6 Å². The fourth-order valence-corrected chi connectivity index (χ4v) is 5.74. The Hall–Kier alpha value is -3.21. The molecule has 7 nitrogen and oxygen atoms in total. The van der Waals surface area contributed by atoms with Gasteiger partial charge in [-0.05, 0) is 94.6 Å². The highest BCUT2D eigenvalue weighted by molar-refractivity contribution is 5.62. The standard InChI is InChI=1S/C27H33F4N7/c1-16-12-23(22(28)14-20(16)18-6-8-19(9-7-18)38-10-4-3-5-11-38)33-26-32-15-21(27(29,30)31)25(35-26)34-24-13-17(2)36-37-24/h12-15,18-19H,3-11H2,1-2H3,(H3,32,33,34,35,36,37)/t18-,19+. The number of aromatic nitrogens is 4. The van der Waals surface area contributed by atoms with Crippen LogP contribution in [0, 0.1) is 19.7 Å². The van der Waals surface area contributed by atoms with Crippen LogP contribution in [0.15, 0.2) is 24.4 Å². The van der Waals surface area contributed by atoms with Crippen LogP contribution in [0.25, 0.3) is 0 Å². The Balaban J connectivity index is 1.31. The molecule has 1 saturated heterocycles. The highest BCUT2D eigenvalue weighted by Gasteiger charge is 2.36. The summed E-state index contributed by atoms with van der Waals surface area (Å²) in [6.07, 6.45) is 4.18. The lowest BCUT2D eigenvalue weighted by molar-refractivity contribution is -0.137. The fraction of sp³-hybridized carbons (Fsp3) is 0.519. The number of hydrogen-bond acceptors (Lipinski definition) is 6. The van der Waals surface area contributed by atoms with Crippen molar-refractivity contribution < 1.29 is 17.6 Å². The van der Waals surface area contributed by atoms with Gasteiger partial charge in [-0.3, -0.25) is 5.10 Å². The third-order valence-electron chi connectivity index (χ3n) is 7.69. The number of rotatable bonds is 6. The topological polar surface area (TPSA) is 81.8 Å². The molecular weight excluding hydrogens is 498 g/mol. The van der Waals surface area contributed by atoms with Crippen molar-refractivity contribution >= 4 is 23.3 Å². The first-order valence-electron chi connectivity index (χ1n) is 13.2. The molecule has 5 rings (SSSR count). The molecule has 0 unspecified atom stereocenters. The van der Waals surface area contributed by atoms with Crippen molar-refractivity contribution in [2.45, 2.75) is 76.9 Å². The maximum atomic E-state index is 15.2. The summed E-state index contributed by atoms with van der Waals surface area (Å²) in [5.74, 6) is -0.625. The van der Waals surface area contributed by atoms with E-state index in [-0.39, 0.29) is 17.5 Å². The minimum Gasteiger partial charge on any atom is -0.323 e. The second-order valence-corrected chi connectivity index (χ2v) is 10.4. The molecule has 0 radical (unpaired) electrons. The van der Waals surface area contributed by atoms with E-state index in [2.05, 4.69) is 35.7 Å². The summed E-state index contributed by atoms with van der Waals surface area (Å²) in [7, 11) is 0. The van der Waals surface area contributed by atoms with Crippen LogP contribution >= 0.6 is 0 Å². The van der Waals surface area contributed by atoms with Crippen molar-refractivity contribution in [2.24, 2.45) is 0 Å². The first-order chi connectivity index (χ1) is 18.2. The number of H-pyrrole nitrogens is 1. The number of nitrogens with zero attached hydrogens (tertiary/aromatic N) is 4. The van der Waals surface area contributed by atoms with E-state index in [4.69, 9.17) is 0 Å². The first kappa shape index (κ1) is 26.4. The summed E-state index contributed by atoms with van der Waals surface area (Å²) in [6.45, 7) is 6.05. The van der Waals surface area contributed by atoms with E-state index in [0.717, 1.165) is 36.8 Å². The van der Waals surface area contributed by atoms with Crippen molar-refractivity contribution in [3.8, 4) is 0 Å². The molecule has 0 bridgehead atoms. The number of benzene rings is 1. The second-order valence-electron chi connectivity index (χ2n) is 10.4. The zero-order valence-electron chi connectivity index (χ0n) is 21.6. The summed E-state index contributed by atoms with van der Waals surface area (Å²) in [5, 5.41) is 11.9. The van der Waals surface area contributed by atoms with E-state index in [1.54, 1.807) is 25.1 Å². The first-order valence-corrected chi connectivity index (χ1v) is 13.2. The van der Waals surface area contributed by atoms with E-state index < -0.39 is 23.4 Å². The molecule has 1 aliphatic carbocycles. The smallest absolute Gasteiger partial charge is 0.323 e. The Morgan fingerprint density at radius 3 is 2.37 bits per heavy atom. The molecule has 3 N–H and O–H groups in total. The molecule has 204 valence electrons. The van der Waals surface area contributed by atoms with Crippen molar-refractivity contribution in [3.05, 3.63) is 52.6 Å². The van der Waals surface area contributed by atoms with Gasteiger partial charge in [-0.15, -0.1) is 0 Å². The van der Waals surface area contributed by atoms with Crippen LogP contribution in [0.2, 0.25) is 0 Å². The maximum Gasteiger partial charge on any atom is 0.421 e. The number of aromatic amines is 1. The average Bonchev–Trinajstić information content (AvgIpc) is 3.30. The zero-order chi connectivity index (χ0) is 26.9. The van der Waals surface area contributed by atoms with E-state index >= 15 is 4.39 Å². The third-order valence-corrected chi connectivity index (χ3v) is 7.69. The van der Waals surface area contributed by atoms with Crippen LogP contribution in [0.1, 0.15) is 73.2 Å². The van der Waals surface area contributed by atoms with Crippen molar-refractivity contribution in [3.63, 3.8) is 0 Å². The molecule has 2 aliphatic rings. The van der Waals surface area contributed by atoms with Crippen LogP contribution in [-0.2, 0) is 6.18 Å². The third kappa shape index (κ3) is 5.92. The summed E-state index contributed by atoms with van der Waals surface area (Å²) in [6, 6.07) is 5.42. The number of anilines is 4. The summed E-state index contributed by atoms with van der Waals surface area (Å²) < 4.78 is 55.9. The monoisotopic (exact) mass is 531 g/mol. The quantitative estimate of drug-likeness (QED) is 0.298. The van der Waals surface area contributed by atoms with E-state index in [9.17, 15) is 13.2 Å². The summed E-state index contributed by atoms with van der Waals surface area (Å²) in [4.78, 5) is 10.4. The van der Waals surface area contributed by atoms with Gasteiger partial charge in [0, 0.05) is 24.0 Å². The van der Waals surface area contributed by atoms with E-state index in [1.165, 1.54) is 32.4 Å².